The molecule has 0 aromatic rings. The molecule has 2 fully saturated rings. The van der Waals surface area contributed by atoms with Gasteiger partial charge in [-0.1, -0.05) is 25.7 Å². The SMILES string of the molecule is CC(C)(C)NC(=O)CN1C(=O)NC(=O)C12CCCCCC2. The van der Waals surface area contributed by atoms with E-state index in [9.17, 15) is 14.4 Å². The number of hydrogen-bond donors (Lipinski definition) is 2. The van der Waals surface area contributed by atoms with Crippen molar-refractivity contribution in [2.45, 2.75) is 70.4 Å². The molecule has 1 saturated carbocycles. The van der Waals surface area contributed by atoms with Gasteiger partial charge in [-0.25, -0.2) is 4.79 Å². The van der Waals surface area contributed by atoms with Crippen LogP contribution in [0.15, 0.2) is 0 Å². The third kappa shape index (κ3) is 3.36. The van der Waals surface area contributed by atoms with Gasteiger partial charge in [-0.3, -0.25) is 14.9 Å². The van der Waals surface area contributed by atoms with E-state index < -0.39 is 11.6 Å². The monoisotopic (exact) mass is 295 g/mol. The van der Waals surface area contributed by atoms with E-state index in [1.165, 1.54) is 4.90 Å². The molecule has 0 radical (unpaired) electrons. The van der Waals surface area contributed by atoms with Crippen LogP contribution in [0.2, 0.25) is 0 Å². The Morgan fingerprint density at radius 3 is 2.29 bits per heavy atom. The second-order valence-corrected chi connectivity index (χ2v) is 7.09. The Bertz CT molecular complexity index is 446. The Morgan fingerprint density at radius 1 is 1.19 bits per heavy atom. The summed E-state index contributed by atoms with van der Waals surface area (Å²) < 4.78 is 0. The lowest BCUT2D eigenvalue weighted by molar-refractivity contribution is -0.129. The number of nitrogens with zero attached hydrogens (tertiary/aromatic N) is 1. The summed E-state index contributed by atoms with van der Waals surface area (Å²) in [5, 5.41) is 5.24. The van der Waals surface area contributed by atoms with Gasteiger partial charge in [0.25, 0.3) is 5.91 Å². The molecule has 1 spiro atoms. The fraction of sp³-hybridized carbons (Fsp3) is 0.800. The van der Waals surface area contributed by atoms with Crippen LogP contribution in [0.1, 0.15) is 59.3 Å². The molecule has 21 heavy (non-hydrogen) atoms. The summed E-state index contributed by atoms with van der Waals surface area (Å²) in [5.74, 6) is -0.464. The highest BCUT2D eigenvalue weighted by atomic mass is 16.2. The minimum absolute atomic E-state index is 0.0607. The molecular formula is C15H25N3O3. The van der Waals surface area contributed by atoms with E-state index in [4.69, 9.17) is 0 Å². The van der Waals surface area contributed by atoms with Crippen LogP contribution in [0, 0.1) is 0 Å². The number of carbonyl (C=O) groups is 3. The molecule has 2 N–H and O–H groups in total. The van der Waals surface area contributed by atoms with Gasteiger partial charge in [0.1, 0.15) is 12.1 Å². The summed E-state index contributed by atoms with van der Waals surface area (Å²) in [6.07, 6.45) is 5.27. The lowest BCUT2D eigenvalue weighted by atomic mass is 9.88. The van der Waals surface area contributed by atoms with Crippen molar-refractivity contribution in [1.29, 1.82) is 0 Å². The lowest BCUT2D eigenvalue weighted by Gasteiger charge is -2.34. The normalized spacial score (nSPS) is 22.1. The van der Waals surface area contributed by atoms with E-state index in [1.807, 2.05) is 20.8 Å². The van der Waals surface area contributed by atoms with Crippen molar-refractivity contribution in [3.63, 3.8) is 0 Å². The fourth-order valence-corrected chi connectivity index (χ4v) is 3.23. The van der Waals surface area contributed by atoms with E-state index in [-0.39, 0.29) is 23.9 Å². The standard InChI is InChI=1S/C15H25N3O3/c1-14(2,3)17-11(19)10-18-13(21)16-12(20)15(18)8-6-4-5-7-9-15/h4-10H2,1-3H3,(H,17,19)(H,16,20,21). The van der Waals surface area contributed by atoms with Crippen molar-refractivity contribution in [2.24, 2.45) is 0 Å². The van der Waals surface area contributed by atoms with Gasteiger partial charge in [-0.05, 0) is 33.6 Å². The minimum Gasteiger partial charge on any atom is -0.350 e. The van der Waals surface area contributed by atoms with Crippen LogP contribution in [0.3, 0.4) is 0 Å². The second kappa shape index (κ2) is 5.66. The lowest BCUT2D eigenvalue weighted by Crippen LogP contribution is -2.54. The maximum absolute atomic E-state index is 12.3. The molecule has 0 atom stereocenters. The van der Waals surface area contributed by atoms with Gasteiger partial charge in [-0.15, -0.1) is 0 Å². The summed E-state index contributed by atoms with van der Waals surface area (Å²) in [6, 6.07) is -0.439. The fourth-order valence-electron chi connectivity index (χ4n) is 3.23. The van der Waals surface area contributed by atoms with Gasteiger partial charge < -0.3 is 10.2 Å². The molecule has 6 nitrogen and oxygen atoms in total. The molecule has 0 aromatic carbocycles. The molecule has 2 rings (SSSR count). The number of imide groups is 1. The number of carbonyl (C=O) groups excluding carboxylic acids is 3. The number of rotatable bonds is 2. The first-order valence-electron chi connectivity index (χ1n) is 7.69. The van der Waals surface area contributed by atoms with E-state index in [0.29, 0.717) is 12.8 Å². The Kier molecular flexibility index (Phi) is 4.25. The van der Waals surface area contributed by atoms with Crippen molar-refractivity contribution in [1.82, 2.24) is 15.5 Å². The minimum atomic E-state index is -0.817. The quantitative estimate of drug-likeness (QED) is 0.759. The van der Waals surface area contributed by atoms with Crippen molar-refractivity contribution < 1.29 is 14.4 Å². The molecule has 2 aliphatic rings. The summed E-state index contributed by atoms with van der Waals surface area (Å²) in [7, 11) is 0. The second-order valence-electron chi connectivity index (χ2n) is 7.09. The first-order chi connectivity index (χ1) is 9.74. The predicted octanol–water partition coefficient (Wildman–Crippen LogP) is 1.55. The summed E-state index contributed by atoms with van der Waals surface area (Å²) in [6.45, 7) is 5.61. The van der Waals surface area contributed by atoms with Crippen molar-refractivity contribution in [3.8, 4) is 0 Å². The molecule has 1 aliphatic heterocycles. The van der Waals surface area contributed by atoms with Crippen molar-refractivity contribution in [2.75, 3.05) is 6.54 Å². The largest absolute Gasteiger partial charge is 0.350 e. The molecule has 6 heteroatoms. The van der Waals surface area contributed by atoms with Crippen LogP contribution in [-0.2, 0) is 9.59 Å². The van der Waals surface area contributed by atoms with Crippen LogP contribution in [-0.4, -0.2) is 40.4 Å². The zero-order valence-corrected chi connectivity index (χ0v) is 13.1. The van der Waals surface area contributed by atoms with Gasteiger partial charge in [0.05, 0.1) is 0 Å². The molecular weight excluding hydrogens is 270 g/mol. The molecule has 0 unspecified atom stereocenters. The van der Waals surface area contributed by atoms with E-state index >= 15 is 0 Å². The zero-order chi connectivity index (χ0) is 15.7. The first kappa shape index (κ1) is 15.8. The molecule has 1 saturated heterocycles. The zero-order valence-electron chi connectivity index (χ0n) is 13.1. The molecule has 4 amide bonds. The van der Waals surface area contributed by atoms with E-state index in [1.54, 1.807) is 0 Å². The highest BCUT2D eigenvalue weighted by Crippen LogP contribution is 2.35. The third-order valence-corrected chi connectivity index (χ3v) is 4.15. The maximum atomic E-state index is 12.3. The maximum Gasteiger partial charge on any atom is 0.325 e. The summed E-state index contributed by atoms with van der Waals surface area (Å²) in [5.41, 5.74) is -1.17. The highest BCUT2D eigenvalue weighted by Gasteiger charge is 2.52. The average molecular weight is 295 g/mol. The molecule has 118 valence electrons. The van der Waals surface area contributed by atoms with Crippen LogP contribution in [0.25, 0.3) is 0 Å². The predicted molar refractivity (Wildman–Crippen MR) is 78.6 cm³/mol. The Balaban J connectivity index is 2.16. The van der Waals surface area contributed by atoms with Gasteiger partial charge in [0.2, 0.25) is 5.91 Å². The Morgan fingerprint density at radius 2 is 1.76 bits per heavy atom. The van der Waals surface area contributed by atoms with E-state index in [0.717, 1.165) is 25.7 Å². The number of amides is 4. The van der Waals surface area contributed by atoms with Crippen molar-refractivity contribution >= 4 is 17.8 Å². The first-order valence-corrected chi connectivity index (χ1v) is 7.69. The summed E-state index contributed by atoms with van der Waals surface area (Å²) in [4.78, 5) is 38.0. The molecule has 0 bridgehead atoms. The summed E-state index contributed by atoms with van der Waals surface area (Å²) >= 11 is 0. The molecule has 0 aromatic heterocycles. The average Bonchev–Trinajstić information content (AvgIpc) is 2.56. The van der Waals surface area contributed by atoms with Crippen LogP contribution < -0.4 is 10.6 Å². The van der Waals surface area contributed by atoms with Gasteiger partial charge >= 0.3 is 6.03 Å². The topological polar surface area (TPSA) is 78.5 Å². The smallest absolute Gasteiger partial charge is 0.325 e. The molecule has 1 aliphatic carbocycles. The van der Waals surface area contributed by atoms with Gasteiger partial charge in [0.15, 0.2) is 0 Å². The number of hydrogen-bond acceptors (Lipinski definition) is 3. The van der Waals surface area contributed by atoms with Crippen LogP contribution in [0.5, 0.6) is 0 Å². The molecule has 1 heterocycles. The third-order valence-electron chi connectivity index (χ3n) is 4.15. The Labute approximate surface area is 125 Å². The van der Waals surface area contributed by atoms with E-state index in [2.05, 4.69) is 10.6 Å². The van der Waals surface area contributed by atoms with Crippen LogP contribution >= 0.6 is 0 Å². The number of nitrogens with one attached hydrogen (secondary N) is 2. The highest BCUT2D eigenvalue weighted by molar-refractivity contribution is 6.08. The van der Waals surface area contributed by atoms with Crippen molar-refractivity contribution in [3.05, 3.63) is 0 Å². The Hall–Kier alpha value is -1.59. The van der Waals surface area contributed by atoms with Gasteiger partial charge in [-0.2, -0.15) is 0 Å². The van der Waals surface area contributed by atoms with Crippen LogP contribution in [0.4, 0.5) is 4.79 Å². The number of urea groups is 1. The van der Waals surface area contributed by atoms with Gasteiger partial charge in [0, 0.05) is 5.54 Å².